The minimum Gasteiger partial charge on any atom is -0.394 e. The number of allylic oxidation sites excluding steroid dienone is 6. The Kier molecular flexibility index (Phi) is 48.5. The Morgan fingerprint density at radius 1 is 0.479 bits per heavy atom. The number of aliphatic hydroxyl groups excluding tert-OH is 7. The van der Waals surface area contributed by atoms with Crippen LogP contribution in [0.3, 0.4) is 0 Å². The van der Waals surface area contributed by atoms with Crippen LogP contribution in [0.25, 0.3) is 0 Å². The zero-order valence-corrected chi connectivity index (χ0v) is 47.1. The Labute approximate surface area is 447 Å². The molecule has 1 amide bonds. The highest BCUT2D eigenvalue weighted by Crippen LogP contribution is 2.23. The number of rotatable bonds is 53. The predicted octanol–water partition coefficient (Wildman–Crippen LogP) is 13.5. The van der Waals surface area contributed by atoms with Crippen LogP contribution in [0.2, 0.25) is 0 Å². The SMILES string of the molecule is CCCCC/C=C\C=C/CCCCCCCC(O)C(=O)NC(COC1OC(CO)C(O)C(O)C1O)C(O)C(O)CCC/C=C/CCCCCCCCCCCCCCCCCCCCCCCCCCCCC. The minimum absolute atomic E-state index is 0.236. The van der Waals surface area contributed by atoms with Crippen molar-refractivity contribution < 1.29 is 50.0 Å². The van der Waals surface area contributed by atoms with Crippen LogP contribution in [0, 0.1) is 0 Å². The molecule has 1 aliphatic rings. The van der Waals surface area contributed by atoms with Gasteiger partial charge in [0.1, 0.15) is 36.6 Å². The molecule has 0 spiro atoms. The molecule has 0 saturated carbocycles. The van der Waals surface area contributed by atoms with Gasteiger partial charge < -0.3 is 50.5 Å². The fourth-order valence-corrected chi connectivity index (χ4v) is 9.91. The predicted molar refractivity (Wildman–Crippen MR) is 302 cm³/mol. The first kappa shape index (κ1) is 69.3. The van der Waals surface area contributed by atoms with Crippen molar-refractivity contribution in [2.24, 2.45) is 0 Å². The fourth-order valence-electron chi connectivity index (χ4n) is 9.91. The van der Waals surface area contributed by atoms with Crippen molar-refractivity contribution in [3.63, 3.8) is 0 Å². The van der Waals surface area contributed by atoms with E-state index in [0.29, 0.717) is 12.8 Å². The fraction of sp³-hybridized carbons (Fsp3) is 0.887. The van der Waals surface area contributed by atoms with E-state index < -0.39 is 74.2 Å². The lowest BCUT2D eigenvalue weighted by molar-refractivity contribution is -0.303. The van der Waals surface area contributed by atoms with E-state index in [4.69, 9.17) is 9.47 Å². The summed E-state index contributed by atoms with van der Waals surface area (Å²) in [7, 11) is 0. The second kappa shape index (κ2) is 51.1. The van der Waals surface area contributed by atoms with Crippen molar-refractivity contribution in [2.45, 2.75) is 339 Å². The highest BCUT2D eigenvalue weighted by Gasteiger charge is 2.44. The number of amides is 1. The molecule has 11 heteroatoms. The number of carbonyl (C=O) groups is 1. The summed E-state index contributed by atoms with van der Waals surface area (Å²) in [5.74, 6) is -0.717. The Morgan fingerprint density at radius 2 is 0.849 bits per heavy atom. The largest absolute Gasteiger partial charge is 0.394 e. The van der Waals surface area contributed by atoms with E-state index in [1.165, 1.54) is 186 Å². The zero-order valence-electron chi connectivity index (χ0n) is 47.1. The third-order valence-electron chi connectivity index (χ3n) is 14.9. The van der Waals surface area contributed by atoms with Crippen molar-refractivity contribution >= 4 is 5.91 Å². The molecule has 9 atom stereocenters. The number of ether oxygens (including phenoxy) is 2. The average molecular weight is 1040 g/mol. The van der Waals surface area contributed by atoms with Gasteiger partial charge in [-0.25, -0.2) is 0 Å². The van der Waals surface area contributed by atoms with Crippen molar-refractivity contribution in [3.05, 3.63) is 36.5 Å². The number of hydrogen-bond acceptors (Lipinski definition) is 10. The molecule has 9 unspecified atom stereocenters. The van der Waals surface area contributed by atoms with E-state index >= 15 is 0 Å². The quantitative estimate of drug-likeness (QED) is 0.0165. The summed E-state index contributed by atoms with van der Waals surface area (Å²) in [6.45, 7) is 3.42. The van der Waals surface area contributed by atoms with Crippen molar-refractivity contribution in [2.75, 3.05) is 13.2 Å². The first-order valence-electron chi connectivity index (χ1n) is 30.9. The van der Waals surface area contributed by atoms with E-state index in [1.807, 2.05) is 0 Å². The molecular weight excluding hydrogens is 919 g/mol. The molecule has 0 aromatic rings. The summed E-state index contributed by atoms with van der Waals surface area (Å²) >= 11 is 0. The van der Waals surface area contributed by atoms with Crippen LogP contribution in [0.15, 0.2) is 36.5 Å². The first-order valence-corrected chi connectivity index (χ1v) is 30.9. The van der Waals surface area contributed by atoms with Gasteiger partial charge >= 0.3 is 0 Å². The van der Waals surface area contributed by atoms with Crippen LogP contribution in [-0.2, 0) is 14.3 Å². The number of unbranched alkanes of at least 4 members (excludes halogenated alkanes) is 36. The van der Waals surface area contributed by atoms with Crippen LogP contribution in [0.1, 0.15) is 284 Å². The summed E-state index contributed by atoms with van der Waals surface area (Å²) in [6, 6.07) is -1.19. The van der Waals surface area contributed by atoms with Gasteiger partial charge in [-0.1, -0.05) is 256 Å². The van der Waals surface area contributed by atoms with Gasteiger partial charge in [-0.2, -0.15) is 0 Å². The van der Waals surface area contributed by atoms with Gasteiger partial charge in [-0.05, 0) is 64.2 Å². The maximum atomic E-state index is 13.1. The Morgan fingerprint density at radius 3 is 1.29 bits per heavy atom. The standard InChI is InChI=1S/C62H117NO10/c1-3-5-7-9-11-13-15-17-19-20-21-22-23-24-25-26-27-28-29-30-31-32-33-34-35-36-38-39-41-43-45-47-49-54(65)57(67)53(52-72-62-60(70)59(69)58(68)56(51-64)73-62)63-61(71)55(66)50-48-46-44-42-40-37-18-16-14-12-10-8-6-4-2/h12,14,16,18,41,43,53-60,62,64-70H,3-11,13,15,17,19-40,42,44-52H2,1-2H3,(H,63,71)/b14-12-,18-16-,43-41+. The second-order valence-electron chi connectivity index (χ2n) is 21.8. The molecule has 1 heterocycles. The lowest BCUT2D eigenvalue weighted by Gasteiger charge is -2.40. The molecule has 430 valence electrons. The van der Waals surface area contributed by atoms with Gasteiger partial charge in [-0.3, -0.25) is 4.79 Å². The molecule has 0 aromatic carbocycles. The minimum atomic E-state index is -1.67. The van der Waals surface area contributed by atoms with Crippen molar-refractivity contribution in [3.8, 4) is 0 Å². The molecular formula is C62H117NO10. The number of nitrogens with one attached hydrogen (secondary N) is 1. The van der Waals surface area contributed by atoms with E-state index in [0.717, 1.165) is 57.8 Å². The monoisotopic (exact) mass is 1040 g/mol. The van der Waals surface area contributed by atoms with Crippen molar-refractivity contribution in [1.29, 1.82) is 0 Å². The maximum Gasteiger partial charge on any atom is 0.249 e. The molecule has 0 radical (unpaired) electrons. The molecule has 0 bridgehead atoms. The van der Waals surface area contributed by atoms with Crippen LogP contribution in [0.4, 0.5) is 0 Å². The Bertz CT molecular complexity index is 1280. The van der Waals surface area contributed by atoms with Crippen molar-refractivity contribution in [1.82, 2.24) is 5.32 Å². The van der Waals surface area contributed by atoms with E-state index in [9.17, 15) is 40.5 Å². The van der Waals surface area contributed by atoms with Crippen LogP contribution < -0.4 is 5.32 Å². The van der Waals surface area contributed by atoms with Gasteiger partial charge in [0, 0.05) is 0 Å². The molecule has 8 N–H and O–H groups in total. The number of carbonyl (C=O) groups excluding carboxylic acids is 1. The van der Waals surface area contributed by atoms with Gasteiger partial charge in [-0.15, -0.1) is 0 Å². The van der Waals surface area contributed by atoms with Gasteiger partial charge in [0.2, 0.25) is 5.91 Å². The van der Waals surface area contributed by atoms with E-state index in [1.54, 1.807) is 0 Å². The highest BCUT2D eigenvalue weighted by molar-refractivity contribution is 5.80. The summed E-state index contributed by atoms with van der Waals surface area (Å²) in [4.78, 5) is 13.1. The molecule has 73 heavy (non-hydrogen) atoms. The number of aliphatic hydroxyl groups is 7. The summed E-state index contributed by atoms with van der Waals surface area (Å²) in [5.41, 5.74) is 0. The molecule has 1 fully saturated rings. The molecule has 1 aliphatic heterocycles. The summed E-state index contributed by atoms with van der Waals surface area (Å²) in [5, 5.41) is 76.1. The molecule has 1 rings (SSSR count). The molecule has 11 nitrogen and oxygen atoms in total. The molecule has 0 aliphatic carbocycles. The normalized spacial score (nSPS) is 20.2. The van der Waals surface area contributed by atoms with Gasteiger partial charge in [0.15, 0.2) is 6.29 Å². The van der Waals surface area contributed by atoms with Crippen LogP contribution in [0.5, 0.6) is 0 Å². The van der Waals surface area contributed by atoms with E-state index in [2.05, 4.69) is 55.6 Å². The lowest BCUT2D eigenvalue weighted by atomic mass is 9.98. The zero-order chi connectivity index (χ0) is 53.3. The van der Waals surface area contributed by atoms with Gasteiger partial charge in [0.05, 0.1) is 25.4 Å². The topological polar surface area (TPSA) is 189 Å². The third-order valence-corrected chi connectivity index (χ3v) is 14.9. The van der Waals surface area contributed by atoms with Crippen LogP contribution >= 0.6 is 0 Å². The molecule has 0 aromatic heterocycles. The van der Waals surface area contributed by atoms with E-state index in [-0.39, 0.29) is 12.8 Å². The average Bonchev–Trinajstić information content (AvgIpc) is 3.39. The third kappa shape index (κ3) is 39.4. The summed E-state index contributed by atoms with van der Waals surface area (Å²) in [6.07, 6.45) is 52.3. The molecule has 1 saturated heterocycles. The maximum absolute atomic E-state index is 13.1. The van der Waals surface area contributed by atoms with Gasteiger partial charge in [0.25, 0.3) is 0 Å². The summed E-state index contributed by atoms with van der Waals surface area (Å²) < 4.78 is 11.1. The number of hydrogen-bond donors (Lipinski definition) is 8. The Hall–Kier alpha value is -1.67. The lowest BCUT2D eigenvalue weighted by Crippen LogP contribution is -2.60. The Balaban J connectivity index is 2.22. The highest BCUT2D eigenvalue weighted by atomic mass is 16.7. The first-order chi connectivity index (χ1) is 35.7. The second-order valence-corrected chi connectivity index (χ2v) is 21.8. The van der Waals surface area contributed by atoms with Crippen LogP contribution in [-0.4, -0.2) is 110 Å². The smallest absolute Gasteiger partial charge is 0.249 e.